The standard InChI is InChI=1S/C16H25N3O4S/c1-17-14-7-10-19(11-8-14)16(20)13-3-5-15(6-4-13)24(21,22)18-9-12-23-2/h3-6,14,17-18H,7-12H2,1-2H3. The Morgan fingerprint density at radius 1 is 1.25 bits per heavy atom. The first kappa shape index (κ1) is 18.9. The number of piperidine rings is 1. The molecule has 1 aliphatic heterocycles. The topological polar surface area (TPSA) is 87.7 Å². The van der Waals surface area contributed by atoms with Gasteiger partial charge in [-0.3, -0.25) is 4.79 Å². The molecule has 1 heterocycles. The van der Waals surface area contributed by atoms with Gasteiger partial charge in [0.15, 0.2) is 0 Å². The number of carbonyl (C=O) groups is 1. The molecule has 24 heavy (non-hydrogen) atoms. The summed E-state index contributed by atoms with van der Waals surface area (Å²) in [6.45, 7) is 1.93. The number of methoxy groups -OCH3 is 1. The van der Waals surface area contributed by atoms with E-state index in [0.29, 0.717) is 31.3 Å². The largest absolute Gasteiger partial charge is 0.383 e. The molecule has 7 nitrogen and oxygen atoms in total. The van der Waals surface area contributed by atoms with Crippen molar-refractivity contribution in [2.75, 3.05) is 40.4 Å². The zero-order chi connectivity index (χ0) is 17.6. The highest BCUT2D eigenvalue weighted by molar-refractivity contribution is 7.89. The molecule has 1 saturated heterocycles. The Bertz CT molecular complexity index is 638. The molecule has 1 aromatic rings. The number of nitrogens with one attached hydrogen (secondary N) is 2. The maximum Gasteiger partial charge on any atom is 0.253 e. The van der Waals surface area contributed by atoms with Crippen molar-refractivity contribution in [3.8, 4) is 0 Å². The van der Waals surface area contributed by atoms with Gasteiger partial charge in [-0.25, -0.2) is 13.1 Å². The number of ether oxygens (including phenoxy) is 1. The fourth-order valence-corrected chi connectivity index (χ4v) is 3.71. The molecule has 8 heteroatoms. The molecular weight excluding hydrogens is 330 g/mol. The molecule has 0 aliphatic carbocycles. The third-order valence-electron chi connectivity index (χ3n) is 4.20. The Morgan fingerprint density at radius 2 is 1.88 bits per heavy atom. The van der Waals surface area contributed by atoms with Gasteiger partial charge in [-0.05, 0) is 44.2 Å². The molecule has 0 aromatic heterocycles. The van der Waals surface area contributed by atoms with E-state index < -0.39 is 10.0 Å². The van der Waals surface area contributed by atoms with Crippen molar-refractivity contribution in [2.24, 2.45) is 0 Å². The van der Waals surface area contributed by atoms with E-state index in [9.17, 15) is 13.2 Å². The van der Waals surface area contributed by atoms with Gasteiger partial charge >= 0.3 is 0 Å². The summed E-state index contributed by atoms with van der Waals surface area (Å²) in [6.07, 6.45) is 1.86. The Morgan fingerprint density at radius 3 is 2.42 bits per heavy atom. The fraction of sp³-hybridized carbons (Fsp3) is 0.562. The van der Waals surface area contributed by atoms with Gasteiger partial charge in [0.1, 0.15) is 0 Å². The van der Waals surface area contributed by atoms with E-state index in [-0.39, 0.29) is 17.3 Å². The number of benzene rings is 1. The van der Waals surface area contributed by atoms with Crippen LogP contribution >= 0.6 is 0 Å². The molecule has 1 fully saturated rings. The summed E-state index contributed by atoms with van der Waals surface area (Å²) in [5, 5.41) is 3.23. The van der Waals surface area contributed by atoms with Crippen LogP contribution in [0, 0.1) is 0 Å². The van der Waals surface area contributed by atoms with E-state index in [2.05, 4.69) is 10.0 Å². The minimum atomic E-state index is -3.57. The van der Waals surface area contributed by atoms with Crippen molar-refractivity contribution < 1.29 is 17.9 Å². The Balaban J connectivity index is 2.00. The van der Waals surface area contributed by atoms with Crippen LogP contribution in [0.15, 0.2) is 29.2 Å². The monoisotopic (exact) mass is 355 g/mol. The maximum atomic E-state index is 12.5. The molecule has 0 radical (unpaired) electrons. The lowest BCUT2D eigenvalue weighted by molar-refractivity contribution is 0.0707. The van der Waals surface area contributed by atoms with Gasteiger partial charge in [0.2, 0.25) is 10.0 Å². The summed E-state index contributed by atoms with van der Waals surface area (Å²) in [4.78, 5) is 14.4. The second-order valence-electron chi connectivity index (χ2n) is 5.77. The van der Waals surface area contributed by atoms with E-state index in [1.54, 1.807) is 12.1 Å². The van der Waals surface area contributed by atoms with Crippen LogP contribution in [0.25, 0.3) is 0 Å². The SMILES string of the molecule is CNC1CCN(C(=O)c2ccc(S(=O)(=O)NCCOC)cc2)CC1. The zero-order valence-electron chi connectivity index (χ0n) is 14.1. The summed E-state index contributed by atoms with van der Waals surface area (Å²) in [5.41, 5.74) is 0.508. The molecule has 0 bridgehead atoms. The van der Waals surface area contributed by atoms with Gasteiger partial charge in [-0.15, -0.1) is 0 Å². The van der Waals surface area contributed by atoms with Crippen molar-refractivity contribution in [2.45, 2.75) is 23.8 Å². The molecule has 1 amide bonds. The normalized spacial score (nSPS) is 16.3. The average molecular weight is 355 g/mol. The van der Waals surface area contributed by atoms with E-state index >= 15 is 0 Å². The number of likely N-dealkylation sites (tertiary alicyclic amines) is 1. The lowest BCUT2D eigenvalue weighted by Gasteiger charge is -2.31. The smallest absolute Gasteiger partial charge is 0.253 e. The van der Waals surface area contributed by atoms with E-state index in [1.165, 1.54) is 19.2 Å². The van der Waals surface area contributed by atoms with E-state index in [0.717, 1.165) is 12.8 Å². The summed E-state index contributed by atoms with van der Waals surface area (Å²) >= 11 is 0. The van der Waals surface area contributed by atoms with Crippen molar-refractivity contribution in [3.05, 3.63) is 29.8 Å². The minimum Gasteiger partial charge on any atom is -0.383 e. The summed E-state index contributed by atoms with van der Waals surface area (Å²) in [6, 6.07) is 6.51. The Kier molecular flexibility index (Phi) is 6.73. The van der Waals surface area contributed by atoms with Crippen LogP contribution in [-0.4, -0.2) is 65.7 Å². The molecular formula is C16H25N3O4S. The summed E-state index contributed by atoms with van der Waals surface area (Å²) < 4.78 is 31.4. The molecule has 2 rings (SSSR count). The highest BCUT2D eigenvalue weighted by Gasteiger charge is 2.23. The van der Waals surface area contributed by atoms with Crippen molar-refractivity contribution in [1.82, 2.24) is 14.9 Å². The number of hydrogen-bond acceptors (Lipinski definition) is 5. The highest BCUT2D eigenvalue weighted by Crippen LogP contribution is 2.16. The van der Waals surface area contributed by atoms with Gasteiger partial charge in [-0.2, -0.15) is 0 Å². The molecule has 0 spiro atoms. The number of carbonyl (C=O) groups excluding carboxylic acids is 1. The maximum absolute atomic E-state index is 12.5. The van der Waals surface area contributed by atoms with Crippen LogP contribution in [-0.2, 0) is 14.8 Å². The lowest BCUT2D eigenvalue weighted by Crippen LogP contribution is -2.43. The van der Waals surface area contributed by atoms with E-state index in [4.69, 9.17) is 4.74 Å². The highest BCUT2D eigenvalue weighted by atomic mass is 32.2. The second-order valence-corrected chi connectivity index (χ2v) is 7.54. The zero-order valence-corrected chi connectivity index (χ0v) is 14.9. The van der Waals surface area contributed by atoms with Crippen LogP contribution in [0.1, 0.15) is 23.2 Å². The first-order valence-corrected chi connectivity index (χ1v) is 9.51. The number of rotatable bonds is 7. The summed E-state index contributed by atoms with van der Waals surface area (Å²) in [5.74, 6) is -0.0548. The number of amides is 1. The average Bonchev–Trinajstić information content (AvgIpc) is 2.61. The molecule has 0 atom stereocenters. The first-order chi connectivity index (χ1) is 11.5. The molecule has 2 N–H and O–H groups in total. The van der Waals surface area contributed by atoms with Crippen molar-refractivity contribution in [3.63, 3.8) is 0 Å². The fourth-order valence-electron chi connectivity index (χ4n) is 2.69. The molecule has 0 saturated carbocycles. The van der Waals surface area contributed by atoms with Crippen LogP contribution in [0.5, 0.6) is 0 Å². The quantitative estimate of drug-likeness (QED) is 0.693. The summed E-state index contributed by atoms with van der Waals surface area (Å²) in [7, 11) is -0.133. The Hall–Kier alpha value is -1.48. The minimum absolute atomic E-state index is 0.0548. The van der Waals surface area contributed by atoms with Crippen LogP contribution < -0.4 is 10.0 Å². The van der Waals surface area contributed by atoms with Gasteiger partial charge in [0.05, 0.1) is 11.5 Å². The van der Waals surface area contributed by atoms with Crippen LogP contribution in [0.4, 0.5) is 0 Å². The predicted molar refractivity (Wildman–Crippen MR) is 91.5 cm³/mol. The van der Waals surface area contributed by atoms with Gasteiger partial charge < -0.3 is 15.0 Å². The number of nitrogens with zero attached hydrogens (tertiary/aromatic N) is 1. The van der Waals surface area contributed by atoms with Crippen molar-refractivity contribution in [1.29, 1.82) is 0 Å². The lowest BCUT2D eigenvalue weighted by atomic mass is 10.0. The first-order valence-electron chi connectivity index (χ1n) is 8.03. The third-order valence-corrected chi connectivity index (χ3v) is 5.68. The number of sulfonamides is 1. The van der Waals surface area contributed by atoms with Crippen LogP contribution in [0.3, 0.4) is 0 Å². The third kappa shape index (κ3) is 4.76. The molecule has 1 aliphatic rings. The van der Waals surface area contributed by atoms with Gasteiger partial charge in [-0.1, -0.05) is 0 Å². The van der Waals surface area contributed by atoms with E-state index in [1.807, 2.05) is 11.9 Å². The number of hydrogen-bond donors (Lipinski definition) is 2. The van der Waals surface area contributed by atoms with Gasteiger partial charge in [0.25, 0.3) is 5.91 Å². The molecule has 1 aromatic carbocycles. The predicted octanol–water partition coefficient (Wildman–Crippen LogP) is 0.435. The Labute approximate surface area is 143 Å². The second kappa shape index (κ2) is 8.57. The molecule has 134 valence electrons. The van der Waals surface area contributed by atoms with Crippen molar-refractivity contribution >= 4 is 15.9 Å². The van der Waals surface area contributed by atoms with Gasteiger partial charge in [0, 0.05) is 38.3 Å². The molecule has 0 unspecified atom stereocenters. The van der Waals surface area contributed by atoms with Crippen LogP contribution in [0.2, 0.25) is 0 Å².